The summed E-state index contributed by atoms with van der Waals surface area (Å²) in [6.07, 6.45) is 1.76. The molecule has 0 unspecified atom stereocenters. The van der Waals surface area contributed by atoms with Gasteiger partial charge in [0.1, 0.15) is 22.8 Å². The van der Waals surface area contributed by atoms with Gasteiger partial charge in [0, 0.05) is 24.7 Å². The Labute approximate surface area is 245 Å². The summed E-state index contributed by atoms with van der Waals surface area (Å²) in [5, 5.41) is 2.71. The fraction of sp³-hybridized carbons (Fsp3) is 0.310. The predicted molar refractivity (Wildman–Crippen MR) is 161 cm³/mol. The van der Waals surface area contributed by atoms with Gasteiger partial charge in [-0.1, -0.05) is 36.4 Å². The van der Waals surface area contributed by atoms with Gasteiger partial charge in [0.2, 0.25) is 0 Å². The van der Waals surface area contributed by atoms with Gasteiger partial charge < -0.3 is 26.5 Å². The number of aromatic nitrogens is 2. The molecule has 0 spiro atoms. The lowest BCUT2D eigenvalue weighted by molar-refractivity contribution is 0.0528. The number of H-pyrrole nitrogens is 1. The van der Waals surface area contributed by atoms with Gasteiger partial charge in [-0.3, -0.25) is 0 Å². The van der Waals surface area contributed by atoms with Gasteiger partial charge >= 0.3 is 6.09 Å². The Morgan fingerprint density at radius 1 is 0.950 bits per heavy atom. The largest absolute Gasteiger partial charge is 0.444 e. The van der Waals surface area contributed by atoms with Crippen LogP contribution in [0.1, 0.15) is 43.3 Å². The first-order chi connectivity index (χ1) is 18.0. The van der Waals surface area contributed by atoms with Crippen LogP contribution in [0.15, 0.2) is 60.7 Å². The molecule has 0 bridgehead atoms. The lowest BCUT2D eigenvalue weighted by Gasteiger charge is -2.19. The van der Waals surface area contributed by atoms with Crippen LogP contribution in [0.5, 0.6) is 0 Å². The van der Waals surface area contributed by atoms with Crippen molar-refractivity contribution in [3.05, 3.63) is 94.8 Å². The normalized spacial score (nSPS) is 10.6. The van der Waals surface area contributed by atoms with E-state index in [4.69, 9.17) is 16.2 Å². The van der Waals surface area contributed by atoms with Crippen LogP contribution < -0.4 is 16.8 Å². The SMILES string of the molecule is CC(C)(C)OC(=O)NCCc1ccc(N)cc1.Cl.Cl.NCCc1ccc(Cc2nc3c(F)cc(F)cc3[nH]2)cc1. The number of carbonyl (C=O) groups excluding carboxylic acids is 1. The Balaban J connectivity index is 0.000000390. The molecule has 1 amide bonds. The summed E-state index contributed by atoms with van der Waals surface area (Å²) in [6.45, 7) is 6.69. The van der Waals surface area contributed by atoms with E-state index in [1.807, 2.05) is 69.3 Å². The van der Waals surface area contributed by atoms with Crippen molar-refractivity contribution in [2.24, 2.45) is 5.73 Å². The molecular weight excluding hydrogens is 559 g/mol. The van der Waals surface area contributed by atoms with Gasteiger partial charge in [0.05, 0.1) is 5.52 Å². The van der Waals surface area contributed by atoms with E-state index in [9.17, 15) is 13.6 Å². The van der Waals surface area contributed by atoms with Gasteiger partial charge in [0.15, 0.2) is 5.82 Å². The Bertz CT molecular complexity index is 1340. The van der Waals surface area contributed by atoms with Crippen molar-refractivity contribution < 1.29 is 18.3 Å². The molecule has 6 N–H and O–H groups in total. The van der Waals surface area contributed by atoms with Crippen molar-refractivity contribution in [1.82, 2.24) is 15.3 Å². The zero-order valence-electron chi connectivity index (χ0n) is 22.8. The maximum absolute atomic E-state index is 13.6. The van der Waals surface area contributed by atoms with Crippen molar-refractivity contribution >= 4 is 47.6 Å². The number of nitrogens with one attached hydrogen (secondary N) is 2. The maximum Gasteiger partial charge on any atom is 0.407 e. The second-order valence-corrected chi connectivity index (χ2v) is 9.92. The molecule has 0 saturated heterocycles. The van der Waals surface area contributed by atoms with Crippen LogP contribution in [0, 0.1) is 11.6 Å². The highest BCUT2D eigenvalue weighted by Gasteiger charge is 2.15. The molecule has 1 heterocycles. The lowest BCUT2D eigenvalue weighted by atomic mass is 10.1. The first kappa shape index (κ1) is 34.6. The minimum Gasteiger partial charge on any atom is -0.444 e. The van der Waals surface area contributed by atoms with E-state index in [0.717, 1.165) is 35.7 Å². The van der Waals surface area contributed by atoms with Gasteiger partial charge in [0.25, 0.3) is 0 Å². The quantitative estimate of drug-likeness (QED) is 0.192. The van der Waals surface area contributed by atoms with E-state index in [1.165, 1.54) is 11.6 Å². The molecule has 11 heteroatoms. The zero-order valence-corrected chi connectivity index (χ0v) is 24.4. The number of halogens is 4. The second-order valence-electron chi connectivity index (χ2n) is 9.92. The van der Waals surface area contributed by atoms with Crippen molar-refractivity contribution in [3.63, 3.8) is 0 Å². The number of hydrogen-bond acceptors (Lipinski definition) is 5. The number of imidazole rings is 1. The smallest absolute Gasteiger partial charge is 0.407 e. The Hall–Kier alpha value is -3.40. The molecule has 0 atom stereocenters. The highest BCUT2D eigenvalue weighted by atomic mass is 35.5. The van der Waals surface area contributed by atoms with Gasteiger partial charge in [-0.15, -0.1) is 24.8 Å². The minimum atomic E-state index is -0.647. The zero-order chi connectivity index (χ0) is 27.7. The first-order valence-electron chi connectivity index (χ1n) is 12.4. The number of ether oxygens (including phenoxy) is 1. The Morgan fingerprint density at radius 2 is 1.52 bits per heavy atom. The molecule has 1 aromatic heterocycles. The number of nitrogen functional groups attached to an aromatic ring is 1. The van der Waals surface area contributed by atoms with Crippen LogP contribution in [0.4, 0.5) is 19.3 Å². The van der Waals surface area contributed by atoms with Crippen LogP contribution >= 0.6 is 24.8 Å². The fourth-order valence-electron chi connectivity index (χ4n) is 3.67. The van der Waals surface area contributed by atoms with E-state index in [0.29, 0.717) is 30.9 Å². The molecule has 0 aliphatic heterocycles. The van der Waals surface area contributed by atoms with E-state index >= 15 is 0 Å². The van der Waals surface area contributed by atoms with Gasteiger partial charge in [-0.05, 0) is 75.0 Å². The Morgan fingerprint density at radius 3 is 2.12 bits per heavy atom. The average molecular weight is 597 g/mol. The third-order valence-corrected chi connectivity index (χ3v) is 5.44. The van der Waals surface area contributed by atoms with E-state index in [1.54, 1.807) is 0 Å². The molecule has 0 fully saturated rings. The monoisotopic (exact) mass is 595 g/mol. The van der Waals surface area contributed by atoms with E-state index < -0.39 is 17.2 Å². The number of nitrogens with zero attached hydrogens (tertiary/aromatic N) is 1. The highest BCUT2D eigenvalue weighted by molar-refractivity contribution is 5.85. The summed E-state index contributed by atoms with van der Waals surface area (Å²) in [4.78, 5) is 18.5. The molecule has 0 aliphatic rings. The summed E-state index contributed by atoms with van der Waals surface area (Å²) in [7, 11) is 0. The first-order valence-corrected chi connectivity index (χ1v) is 12.4. The fourth-order valence-corrected chi connectivity index (χ4v) is 3.67. The van der Waals surface area contributed by atoms with Gasteiger partial charge in [-0.25, -0.2) is 18.6 Å². The minimum absolute atomic E-state index is 0. The topological polar surface area (TPSA) is 119 Å². The molecular formula is C29H37Cl2F2N5O2. The number of carbonyl (C=O) groups is 1. The van der Waals surface area contributed by atoms with Crippen LogP contribution in [0.2, 0.25) is 0 Å². The predicted octanol–water partition coefficient (Wildman–Crippen LogP) is 6.11. The number of aromatic amines is 1. The third kappa shape index (κ3) is 11.4. The number of nitrogens with two attached hydrogens (primary N) is 2. The number of alkyl carbamates (subject to hydrolysis) is 1. The van der Waals surface area contributed by atoms with Gasteiger partial charge in [-0.2, -0.15) is 0 Å². The highest BCUT2D eigenvalue weighted by Crippen LogP contribution is 2.19. The van der Waals surface area contributed by atoms with E-state index in [-0.39, 0.29) is 36.4 Å². The molecule has 7 nitrogen and oxygen atoms in total. The lowest BCUT2D eigenvalue weighted by Crippen LogP contribution is -2.33. The molecule has 0 aliphatic carbocycles. The van der Waals surface area contributed by atoms with Crippen molar-refractivity contribution in [2.75, 3.05) is 18.8 Å². The molecule has 40 heavy (non-hydrogen) atoms. The number of benzene rings is 3. The number of fused-ring (bicyclic) bond motifs is 1. The summed E-state index contributed by atoms with van der Waals surface area (Å²) in [5.41, 5.74) is 15.3. The van der Waals surface area contributed by atoms with Crippen LogP contribution in [0.3, 0.4) is 0 Å². The third-order valence-electron chi connectivity index (χ3n) is 5.44. The maximum atomic E-state index is 13.6. The standard InChI is InChI=1S/C16H15F2N3.C13H20N2O2.2ClH/c17-12-8-13(18)16-14(9-12)20-15(21-16)7-11-3-1-10(2-4-11)5-6-19;1-13(2,3)17-12(16)15-9-8-10-4-6-11(14)7-5-10;;/h1-4,8-9H,5-7,19H2,(H,20,21);4-7H,8-9,14H2,1-3H3,(H,15,16);2*1H. The molecule has 0 radical (unpaired) electrons. The van der Waals surface area contributed by atoms with Crippen LogP contribution in [0.25, 0.3) is 11.0 Å². The second kappa shape index (κ2) is 16.0. The Kier molecular flexibility index (Phi) is 13.9. The summed E-state index contributed by atoms with van der Waals surface area (Å²) in [6, 6.07) is 17.7. The summed E-state index contributed by atoms with van der Waals surface area (Å²) < 4.78 is 31.9. The molecule has 4 rings (SSSR count). The molecule has 3 aromatic carbocycles. The van der Waals surface area contributed by atoms with E-state index in [2.05, 4.69) is 15.3 Å². The van der Waals surface area contributed by atoms with Crippen LogP contribution in [-0.2, 0) is 24.0 Å². The number of amides is 1. The van der Waals surface area contributed by atoms with Crippen molar-refractivity contribution in [3.8, 4) is 0 Å². The van der Waals surface area contributed by atoms with Crippen molar-refractivity contribution in [2.45, 2.75) is 45.6 Å². The van der Waals surface area contributed by atoms with Crippen LogP contribution in [-0.4, -0.2) is 34.8 Å². The summed E-state index contributed by atoms with van der Waals surface area (Å²) >= 11 is 0. The van der Waals surface area contributed by atoms with Crippen molar-refractivity contribution in [1.29, 1.82) is 0 Å². The molecule has 0 saturated carbocycles. The molecule has 4 aromatic rings. The number of hydrogen-bond donors (Lipinski definition) is 4. The number of anilines is 1. The molecule has 218 valence electrons. The average Bonchev–Trinajstić information content (AvgIpc) is 3.24. The number of rotatable bonds is 7. The summed E-state index contributed by atoms with van der Waals surface area (Å²) in [5.74, 6) is -0.645.